The summed E-state index contributed by atoms with van der Waals surface area (Å²) in [4.78, 5) is 14.6. The van der Waals surface area contributed by atoms with Gasteiger partial charge in [-0.25, -0.2) is 4.39 Å². The lowest BCUT2D eigenvalue weighted by Crippen LogP contribution is -2.39. The molecule has 1 aromatic heterocycles. The molecular weight excluding hydrogens is 413 g/mol. The van der Waals surface area contributed by atoms with E-state index in [-0.39, 0.29) is 23.5 Å². The summed E-state index contributed by atoms with van der Waals surface area (Å²) in [5.41, 5.74) is 2.82. The Morgan fingerprint density at radius 3 is 2.84 bits per heavy atom. The van der Waals surface area contributed by atoms with Gasteiger partial charge < -0.3 is 9.32 Å². The Hall–Kier alpha value is -3.19. The Morgan fingerprint density at radius 1 is 1.13 bits per heavy atom. The maximum absolute atomic E-state index is 13.7. The highest BCUT2D eigenvalue weighted by atomic mass is 32.2. The van der Waals surface area contributed by atoms with Crippen LogP contribution < -0.4 is 0 Å². The second-order valence-corrected chi connectivity index (χ2v) is 8.51. The molecule has 156 valence electrons. The topological polar surface area (TPSA) is 59.2 Å². The average molecular weight is 434 g/mol. The highest BCUT2D eigenvalue weighted by molar-refractivity contribution is 7.99. The SMILES string of the molecule is CC1c2cc(F)ccc2CCN1C(=O)CSc1nnc(-c2ccc3ccccc3c2)o1. The molecule has 0 fully saturated rings. The number of carbonyl (C=O) groups excluding carboxylic acids is 1. The zero-order chi connectivity index (χ0) is 21.4. The highest BCUT2D eigenvalue weighted by Gasteiger charge is 2.28. The fourth-order valence-electron chi connectivity index (χ4n) is 4.04. The number of nitrogens with zero attached hydrogens (tertiary/aromatic N) is 3. The molecule has 0 bridgehead atoms. The second-order valence-electron chi connectivity index (χ2n) is 7.58. The van der Waals surface area contributed by atoms with Crippen LogP contribution in [-0.2, 0) is 11.2 Å². The number of hydrogen-bond acceptors (Lipinski definition) is 5. The number of amides is 1. The van der Waals surface area contributed by atoms with Crippen molar-refractivity contribution in [3.63, 3.8) is 0 Å². The van der Waals surface area contributed by atoms with Crippen molar-refractivity contribution in [3.05, 3.63) is 77.6 Å². The van der Waals surface area contributed by atoms with Gasteiger partial charge in [0, 0.05) is 12.1 Å². The quantitative estimate of drug-likeness (QED) is 0.411. The van der Waals surface area contributed by atoms with Crippen molar-refractivity contribution in [2.45, 2.75) is 24.6 Å². The third-order valence-electron chi connectivity index (χ3n) is 5.69. The van der Waals surface area contributed by atoms with E-state index in [9.17, 15) is 9.18 Å². The normalized spacial score (nSPS) is 15.8. The van der Waals surface area contributed by atoms with Gasteiger partial charge in [-0.3, -0.25) is 4.79 Å². The molecule has 1 aliphatic heterocycles. The van der Waals surface area contributed by atoms with Crippen LogP contribution in [0.1, 0.15) is 24.1 Å². The molecule has 0 spiro atoms. The first-order valence-corrected chi connectivity index (χ1v) is 11.1. The van der Waals surface area contributed by atoms with Gasteiger partial charge in [0.2, 0.25) is 11.8 Å². The van der Waals surface area contributed by atoms with E-state index < -0.39 is 0 Å². The molecule has 31 heavy (non-hydrogen) atoms. The monoisotopic (exact) mass is 433 g/mol. The molecule has 1 unspecified atom stereocenters. The largest absolute Gasteiger partial charge is 0.411 e. The minimum Gasteiger partial charge on any atom is -0.411 e. The van der Waals surface area contributed by atoms with Crippen molar-refractivity contribution >= 4 is 28.4 Å². The summed E-state index contributed by atoms with van der Waals surface area (Å²) in [5.74, 6) is 0.310. The molecule has 1 amide bonds. The lowest BCUT2D eigenvalue weighted by atomic mass is 9.93. The van der Waals surface area contributed by atoms with Crippen LogP contribution in [0.15, 0.2) is 70.3 Å². The first-order chi connectivity index (χ1) is 15.1. The fraction of sp³-hybridized carbons (Fsp3) is 0.208. The van der Waals surface area contributed by atoms with E-state index in [0.717, 1.165) is 33.9 Å². The molecule has 4 aromatic rings. The number of halogens is 1. The first kappa shape index (κ1) is 19.8. The number of fused-ring (bicyclic) bond motifs is 2. The Labute approximate surface area is 183 Å². The van der Waals surface area contributed by atoms with Crippen molar-refractivity contribution in [2.75, 3.05) is 12.3 Å². The third kappa shape index (κ3) is 3.93. The molecule has 2 heterocycles. The minimum absolute atomic E-state index is 0.0298. The van der Waals surface area contributed by atoms with E-state index >= 15 is 0 Å². The van der Waals surface area contributed by atoms with E-state index in [1.165, 1.54) is 23.9 Å². The molecule has 5 nitrogen and oxygen atoms in total. The van der Waals surface area contributed by atoms with E-state index in [1.54, 1.807) is 4.90 Å². The van der Waals surface area contributed by atoms with Gasteiger partial charge in [-0.15, -0.1) is 10.2 Å². The number of rotatable bonds is 4. The van der Waals surface area contributed by atoms with Gasteiger partial charge >= 0.3 is 0 Å². The zero-order valence-electron chi connectivity index (χ0n) is 16.9. The van der Waals surface area contributed by atoms with Crippen molar-refractivity contribution in [1.82, 2.24) is 15.1 Å². The van der Waals surface area contributed by atoms with Gasteiger partial charge in [0.15, 0.2) is 0 Å². The third-order valence-corrected chi connectivity index (χ3v) is 6.49. The Bertz CT molecular complexity index is 1270. The molecule has 0 saturated carbocycles. The molecule has 1 aliphatic rings. The summed E-state index contributed by atoms with van der Waals surface area (Å²) in [6, 6.07) is 18.7. The van der Waals surface area contributed by atoms with Crippen LogP contribution in [0.2, 0.25) is 0 Å². The highest BCUT2D eigenvalue weighted by Crippen LogP contribution is 2.31. The molecule has 7 heteroatoms. The molecule has 0 aliphatic carbocycles. The number of hydrogen-bond donors (Lipinski definition) is 0. The Kier molecular flexibility index (Phi) is 5.19. The van der Waals surface area contributed by atoms with Crippen LogP contribution in [0.25, 0.3) is 22.2 Å². The molecule has 0 N–H and O–H groups in total. The van der Waals surface area contributed by atoms with Gasteiger partial charge in [-0.2, -0.15) is 0 Å². The van der Waals surface area contributed by atoms with Crippen molar-refractivity contribution in [1.29, 1.82) is 0 Å². The van der Waals surface area contributed by atoms with Crippen LogP contribution in [0.3, 0.4) is 0 Å². The van der Waals surface area contributed by atoms with E-state index in [2.05, 4.69) is 10.2 Å². The molecule has 3 aromatic carbocycles. The van der Waals surface area contributed by atoms with Crippen LogP contribution in [-0.4, -0.2) is 33.3 Å². The van der Waals surface area contributed by atoms with Crippen LogP contribution in [0, 0.1) is 5.82 Å². The molecule has 0 radical (unpaired) electrons. The van der Waals surface area contributed by atoms with Crippen LogP contribution in [0.4, 0.5) is 4.39 Å². The summed E-state index contributed by atoms with van der Waals surface area (Å²) in [7, 11) is 0. The molecule has 1 atom stereocenters. The average Bonchev–Trinajstić information content (AvgIpc) is 3.27. The first-order valence-electron chi connectivity index (χ1n) is 10.1. The van der Waals surface area contributed by atoms with Gasteiger partial charge in [-0.1, -0.05) is 48.2 Å². The second kappa shape index (κ2) is 8.15. The van der Waals surface area contributed by atoms with Crippen molar-refractivity contribution < 1.29 is 13.6 Å². The summed E-state index contributed by atoms with van der Waals surface area (Å²) >= 11 is 1.22. The van der Waals surface area contributed by atoms with Gasteiger partial charge in [-0.05, 0) is 59.5 Å². The van der Waals surface area contributed by atoms with Crippen molar-refractivity contribution in [3.8, 4) is 11.5 Å². The predicted octanol–water partition coefficient (Wildman–Crippen LogP) is 5.27. The maximum atomic E-state index is 13.7. The fourth-order valence-corrected chi connectivity index (χ4v) is 4.69. The lowest BCUT2D eigenvalue weighted by Gasteiger charge is -2.35. The zero-order valence-corrected chi connectivity index (χ0v) is 17.7. The summed E-state index contributed by atoms with van der Waals surface area (Å²) in [6.07, 6.45) is 0.725. The summed E-state index contributed by atoms with van der Waals surface area (Å²) in [5, 5.41) is 10.8. The summed E-state index contributed by atoms with van der Waals surface area (Å²) < 4.78 is 19.4. The number of aromatic nitrogens is 2. The number of thioether (sulfide) groups is 1. The predicted molar refractivity (Wildman–Crippen MR) is 118 cm³/mol. The van der Waals surface area contributed by atoms with Crippen LogP contribution in [0.5, 0.6) is 0 Å². The number of carbonyl (C=O) groups is 1. The molecular formula is C24H20FN3O2S. The van der Waals surface area contributed by atoms with Gasteiger partial charge in [0.1, 0.15) is 5.82 Å². The number of benzene rings is 3. The molecule has 0 saturated heterocycles. The Balaban J connectivity index is 1.26. The van der Waals surface area contributed by atoms with Gasteiger partial charge in [0.05, 0.1) is 11.8 Å². The standard InChI is InChI=1S/C24H20FN3O2S/c1-15-21-13-20(25)9-8-17(21)10-11-28(15)22(29)14-31-24-27-26-23(30-24)19-7-6-16-4-2-3-5-18(16)12-19/h2-9,12-13,15H,10-11,14H2,1H3. The summed E-state index contributed by atoms with van der Waals surface area (Å²) in [6.45, 7) is 2.55. The van der Waals surface area contributed by atoms with Crippen LogP contribution >= 0.6 is 11.8 Å². The maximum Gasteiger partial charge on any atom is 0.277 e. The lowest BCUT2D eigenvalue weighted by molar-refractivity contribution is -0.130. The van der Waals surface area contributed by atoms with Crippen molar-refractivity contribution in [2.24, 2.45) is 0 Å². The van der Waals surface area contributed by atoms with E-state index in [0.29, 0.717) is 17.7 Å². The van der Waals surface area contributed by atoms with E-state index in [4.69, 9.17) is 4.42 Å². The minimum atomic E-state index is -0.277. The van der Waals surface area contributed by atoms with Gasteiger partial charge in [0.25, 0.3) is 5.22 Å². The Morgan fingerprint density at radius 2 is 1.97 bits per heavy atom. The smallest absolute Gasteiger partial charge is 0.277 e. The molecule has 5 rings (SSSR count). The van der Waals surface area contributed by atoms with E-state index in [1.807, 2.05) is 55.5 Å².